The summed E-state index contributed by atoms with van der Waals surface area (Å²) in [6.07, 6.45) is 3.57. The highest BCUT2D eigenvalue weighted by Crippen LogP contribution is 2.42. The molecule has 1 aliphatic rings. The van der Waals surface area contributed by atoms with Gasteiger partial charge in [0.25, 0.3) is 0 Å². The van der Waals surface area contributed by atoms with Gasteiger partial charge in [-0.1, -0.05) is 11.6 Å². The van der Waals surface area contributed by atoms with E-state index in [0.29, 0.717) is 23.6 Å². The minimum atomic E-state index is -0.897. The first kappa shape index (κ1) is 23.4. The van der Waals surface area contributed by atoms with E-state index < -0.39 is 22.5 Å². The summed E-state index contributed by atoms with van der Waals surface area (Å²) >= 11 is 6.47. The summed E-state index contributed by atoms with van der Waals surface area (Å²) in [6.45, 7) is 3.93. The molecule has 1 atom stereocenters. The molecule has 170 valence electrons. The number of esters is 1. The molecular weight excluding hydrogens is 440 g/mol. The number of nitrogens with one attached hydrogen (secondary N) is 2. The number of carbonyl (C=O) groups excluding carboxylic acids is 1. The van der Waals surface area contributed by atoms with Crippen LogP contribution in [0.4, 0.5) is 11.4 Å². The zero-order valence-corrected chi connectivity index (χ0v) is 18.6. The van der Waals surface area contributed by atoms with Gasteiger partial charge in [0.05, 0.1) is 22.6 Å². The van der Waals surface area contributed by atoms with Gasteiger partial charge in [-0.25, -0.2) is 9.78 Å². The fourth-order valence-electron chi connectivity index (χ4n) is 3.42. The van der Waals surface area contributed by atoms with Crippen LogP contribution in [0, 0.1) is 29.4 Å². The van der Waals surface area contributed by atoms with Gasteiger partial charge in [0, 0.05) is 24.2 Å². The highest BCUT2D eigenvalue weighted by atomic mass is 35.5. The summed E-state index contributed by atoms with van der Waals surface area (Å²) in [5.74, 6) is -1.31. The number of methoxy groups -OCH3 is 1. The molecule has 10 nitrogen and oxygen atoms in total. The number of halogens is 1. The van der Waals surface area contributed by atoms with Crippen LogP contribution < -0.4 is 10.1 Å². The number of aryl methyl sites for hydroxylation is 2. The Hall–Kier alpha value is -3.24. The van der Waals surface area contributed by atoms with Crippen LogP contribution in [0.5, 0.6) is 11.6 Å². The summed E-state index contributed by atoms with van der Waals surface area (Å²) in [5.41, 5.74) is 0.781. The Balaban J connectivity index is 2.12. The SMILES string of the molecule is COC(=O)c1cc(C)nc(Oc2c(Cl)c(C)cc(NC3CCCCO3)c2C=N)c1[N+](=O)[O-]. The molecule has 0 spiro atoms. The second-order valence-corrected chi connectivity index (χ2v) is 7.64. The molecule has 0 amide bonds. The van der Waals surface area contributed by atoms with Gasteiger partial charge in [0.1, 0.15) is 11.8 Å². The van der Waals surface area contributed by atoms with E-state index in [-0.39, 0.29) is 28.1 Å². The van der Waals surface area contributed by atoms with Gasteiger partial charge >= 0.3 is 17.5 Å². The average Bonchev–Trinajstić information content (AvgIpc) is 2.76. The zero-order chi connectivity index (χ0) is 23.4. The third kappa shape index (κ3) is 4.81. The van der Waals surface area contributed by atoms with Gasteiger partial charge in [-0.05, 0) is 50.8 Å². The molecule has 1 saturated heterocycles. The smallest absolute Gasteiger partial charge is 0.345 e. The monoisotopic (exact) mass is 462 g/mol. The number of nitrogens with zero attached hydrogens (tertiary/aromatic N) is 2. The molecule has 0 saturated carbocycles. The predicted octanol–water partition coefficient (Wildman–Crippen LogP) is 4.78. The van der Waals surface area contributed by atoms with Gasteiger partial charge in [0.2, 0.25) is 0 Å². The Morgan fingerprint density at radius 2 is 2.16 bits per heavy atom. The summed E-state index contributed by atoms with van der Waals surface area (Å²) < 4.78 is 16.2. The van der Waals surface area contributed by atoms with Gasteiger partial charge in [-0.2, -0.15) is 0 Å². The molecule has 2 N–H and O–H groups in total. The Labute approximate surface area is 189 Å². The van der Waals surface area contributed by atoms with Crippen molar-refractivity contribution in [3.63, 3.8) is 0 Å². The highest BCUT2D eigenvalue weighted by molar-refractivity contribution is 6.33. The van der Waals surface area contributed by atoms with Crippen LogP contribution in [-0.2, 0) is 9.47 Å². The van der Waals surface area contributed by atoms with Crippen molar-refractivity contribution in [2.24, 2.45) is 0 Å². The van der Waals surface area contributed by atoms with E-state index in [0.717, 1.165) is 32.6 Å². The Morgan fingerprint density at radius 1 is 1.41 bits per heavy atom. The fourth-order valence-corrected chi connectivity index (χ4v) is 3.61. The van der Waals surface area contributed by atoms with Gasteiger partial charge in [-0.3, -0.25) is 10.1 Å². The molecule has 2 aromatic rings. The number of rotatable bonds is 7. The van der Waals surface area contributed by atoms with Crippen molar-refractivity contribution in [1.82, 2.24) is 4.98 Å². The molecular formula is C21H23ClN4O6. The number of ether oxygens (including phenoxy) is 3. The maximum atomic E-state index is 12.1. The molecule has 2 heterocycles. The van der Waals surface area contributed by atoms with Crippen molar-refractivity contribution in [3.05, 3.63) is 49.7 Å². The minimum Gasteiger partial charge on any atom is -0.465 e. The first-order valence-electron chi connectivity index (χ1n) is 9.90. The molecule has 1 aromatic carbocycles. The van der Waals surface area contributed by atoms with Crippen LogP contribution in [0.2, 0.25) is 5.02 Å². The molecule has 0 bridgehead atoms. The van der Waals surface area contributed by atoms with Crippen LogP contribution in [0.3, 0.4) is 0 Å². The van der Waals surface area contributed by atoms with Crippen LogP contribution in [0.1, 0.15) is 46.4 Å². The van der Waals surface area contributed by atoms with Gasteiger partial charge < -0.3 is 24.9 Å². The fraction of sp³-hybridized carbons (Fsp3) is 0.381. The normalized spacial score (nSPS) is 15.7. The first-order valence-corrected chi connectivity index (χ1v) is 10.3. The standard InChI is InChI=1S/C21H23ClN4O6/c1-11-8-15(25-16-6-4-5-7-31-16)14(10-23)19(17(11)22)32-20-18(26(28)29)13(21(27)30-3)9-12(2)24-20/h8-10,16,23,25H,4-7H2,1-3H3. The molecule has 11 heteroatoms. The molecule has 32 heavy (non-hydrogen) atoms. The quantitative estimate of drug-likeness (QED) is 0.259. The van der Waals surface area contributed by atoms with E-state index in [1.807, 2.05) is 0 Å². The molecule has 1 aromatic heterocycles. The third-order valence-electron chi connectivity index (χ3n) is 4.96. The number of carbonyl (C=O) groups is 1. The van der Waals surface area contributed by atoms with Crippen LogP contribution >= 0.6 is 11.6 Å². The number of hydrogen-bond donors (Lipinski definition) is 2. The van der Waals surface area contributed by atoms with Crippen molar-refractivity contribution >= 4 is 35.2 Å². The third-order valence-corrected chi connectivity index (χ3v) is 5.43. The van der Waals surface area contributed by atoms with Gasteiger partial charge in [0.15, 0.2) is 5.75 Å². The number of nitro groups is 1. The second-order valence-electron chi connectivity index (χ2n) is 7.26. The number of hydrogen-bond acceptors (Lipinski definition) is 9. The minimum absolute atomic E-state index is 0.0111. The molecule has 1 fully saturated rings. The van der Waals surface area contributed by atoms with Crippen molar-refractivity contribution < 1.29 is 23.9 Å². The molecule has 0 radical (unpaired) electrons. The molecule has 3 rings (SSSR count). The molecule has 1 unspecified atom stereocenters. The lowest BCUT2D eigenvalue weighted by Gasteiger charge is -2.26. The lowest BCUT2D eigenvalue weighted by Crippen LogP contribution is -2.27. The number of anilines is 1. The lowest BCUT2D eigenvalue weighted by atomic mass is 10.1. The van der Waals surface area contributed by atoms with Crippen LogP contribution in [0.25, 0.3) is 0 Å². The van der Waals surface area contributed by atoms with E-state index in [9.17, 15) is 14.9 Å². The maximum Gasteiger partial charge on any atom is 0.345 e. The van der Waals surface area contributed by atoms with Gasteiger partial charge in [-0.15, -0.1) is 0 Å². The number of benzene rings is 1. The van der Waals surface area contributed by atoms with Crippen LogP contribution in [0.15, 0.2) is 12.1 Å². The topological polar surface area (TPSA) is 137 Å². The Kier molecular flexibility index (Phi) is 7.26. The summed E-state index contributed by atoms with van der Waals surface area (Å²) in [7, 11) is 1.12. The first-order chi connectivity index (χ1) is 15.3. The molecule has 0 aliphatic carbocycles. The van der Waals surface area contributed by atoms with Crippen molar-refractivity contribution in [3.8, 4) is 11.6 Å². The largest absolute Gasteiger partial charge is 0.465 e. The van der Waals surface area contributed by atoms with E-state index in [2.05, 4.69) is 15.0 Å². The number of aromatic nitrogens is 1. The highest BCUT2D eigenvalue weighted by Gasteiger charge is 2.31. The zero-order valence-electron chi connectivity index (χ0n) is 17.9. The lowest BCUT2D eigenvalue weighted by molar-refractivity contribution is -0.386. The Bertz CT molecular complexity index is 1070. The second kappa shape index (κ2) is 9.92. The summed E-state index contributed by atoms with van der Waals surface area (Å²) in [4.78, 5) is 27.2. The Morgan fingerprint density at radius 3 is 2.75 bits per heavy atom. The summed E-state index contributed by atoms with van der Waals surface area (Å²) in [6, 6.07) is 3.01. The van der Waals surface area contributed by atoms with Crippen molar-refractivity contribution in [2.45, 2.75) is 39.3 Å². The van der Waals surface area contributed by atoms with E-state index in [1.54, 1.807) is 19.9 Å². The molecule has 1 aliphatic heterocycles. The predicted molar refractivity (Wildman–Crippen MR) is 118 cm³/mol. The van der Waals surface area contributed by atoms with E-state index >= 15 is 0 Å². The van der Waals surface area contributed by atoms with E-state index in [4.69, 9.17) is 26.5 Å². The van der Waals surface area contributed by atoms with Crippen molar-refractivity contribution in [2.75, 3.05) is 19.0 Å². The summed E-state index contributed by atoms with van der Waals surface area (Å²) in [5, 5.41) is 23.1. The number of pyridine rings is 1. The maximum absolute atomic E-state index is 12.1. The van der Waals surface area contributed by atoms with Crippen molar-refractivity contribution in [1.29, 1.82) is 5.41 Å². The average molecular weight is 463 g/mol. The van der Waals surface area contributed by atoms with Crippen LogP contribution in [-0.4, -0.2) is 42.0 Å². The van der Waals surface area contributed by atoms with E-state index in [1.165, 1.54) is 6.07 Å².